The maximum Gasteiger partial charge on any atom is 0.294 e. The first-order valence-corrected chi connectivity index (χ1v) is 14.3. The zero-order valence-electron chi connectivity index (χ0n) is 22.8. The standard InChI is InChI=1S/C29H37BrN6O3/c1-20-13-23(17-31-16-20)21(2)35-18-27(29(19-35)5-6-29)32-28-25(14-24(30)15-26(28)36(37)38)22(3)34-9-7-33(8-10-34)11-12-39-4/h13-17,27,32H,2-3,5-12,18-19H2,1,4H3. The second-order valence-electron chi connectivity index (χ2n) is 11.0. The van der Waals surface area contributed by atoms with Crippen LogP contribution in [0, 0.1) is 22.5 Å². The molecule has 1 spiro atoms. The van der Waals surface area contributed by atoms with E-state index in [9.17, 15) is 10.1 Å². The number of aromatic nitrogens is 1. The summed E-state index contributed by atoms with van der Waals surface area (Å²) in [6.45, 7) is 17.5. The van der Waals surface area contributed by atoms with Crippen molar-refractivity contribution in [3.05, 3.63) is 75.0 Å². The fourth-order valence-electron chi connectivity index (χ4n) is 5.86. The molecule has 1 aromatic heterocycles. The van der Waals surface area contributed by atoms with Gasteiger partial charge in [-0.2, -0.15) is 0 Å². The molecular weight excluding hydrogens is 560 g/mol. The van der Waals surface area contributed by atoms with Gasteiger partial charge in [0.25, 0.3) is 5.69 Å². The molecule has 3 aliphatic rings. The van der Waals surface area contributed by atoms with Crippen LogP contribution in [0.4, 0.5) is 11.4 Å². The molecule has 1 aromatic carbocycles. The number of hydrogen-bond acceptors (Lipinski definition) is 8. The van der Waals surface area contributed by atoms with Gasteiger partial charge in [0.2, 0.25) is 0 Å². The Balaban J connectivity index is 1.39. The van der Waals surface area contributed by atoms with E-state index < -0.39 is 0 Å². The third-order valence-corrected chi connectivity index (χ3v) is 8.86. The van der Waals surface area contributed by atoms with Gasteiger partial charge in [-0.05, 0) is 37.5 Å². The van der Waals surface area contributed by atoms with Gasteiger partial charge in [-0.1, -0.05) is 29.1 Å². The molecule has 1 unspecified atom stereocenters. The SMILES string of the molecule is C=C(c1cncc(C)c1)N1CC(Nc2c(C(=C)N3CCN(CCOC)CC3)cc(Br)cc2[N+](=O)[O-])C2(CC2)C1. The van der Waals surface area contributed by atoms with Crippen LogP contribution in [0.5, 0.6) is 0 Å². The molecule has 0 radical (unpaired) electrons. The van der Waals surface area contributed by atoms with E-state index in [4.69, 9.17) is 4.74 Å². The summed E-state index contributed by atoms with van der Waals surface area (Å²) >= 11 is 3.51. The van der Waals surface area contributed by atoms with Gasteiger partial charge in [0.15, 0.2) is 0 Å². The molecule has 9 nitrogen and oxygen atoms in total. The normalized spacial score (nSPS) is 20.3. The quantitative estimate of drug-likeness (QED) is 0.308. The smallest absolute Gasteiger partial charge is 0.294 e. The van der Waals surface area contributed by atoms with E-state index in [2.05, 4.69) is 60.2 Å². The topological polar surface area (TPSA) is 87.0 Å². The zero-order chi connectivity index (χ0) is 27.7. The van der Waals surface area contributed by atoms with E-state index in [1.165, 1.54) is 0 Å². The van der Waals surface area contributed by atoms with Gasteiger partial charge in [0.05, 0.1) is 17.6 Å². The van der Waals surface area contributed by atoms with Gasteiger partial charge in [0, 0.05) is 104 Å². The van der Waals surface area contributed by atoms with E-state index in [1.807, 2.05) is 25.4 Å². The summed E-state index contributed by atoms with van der Waals surface area (Å²) in [5, 5.41) is 15.9. The summed E-state index contributed by atoms with van der Waals surface area (Å²) in [5.74, 6) is 0. The van der Waals surface area contributed by atoms with Gasteiger partial charge in [0.1, 0.15) is 5.69 Å². The predicted molar refractivity (Wildman–Crippen MR) is 158 cm³/mol. The highest BCUT2D eigenvalue weighted by Gasteiger charge is 2.55. The third-order valence-electron chi connectivity index (χ3n) is 8.40. The first kappa shape index (κ1) is 27.6. The summed E-state index contributed by atoms with van der Waals surface area (Å²) in [6, 6.07) is 5.71. The Morgan fingerprint density at radius 1 is 1.18 bits per heavy atom. The van der Waals surface area contributed by atoms with Gasteiger partial charge < -0.3 is 19.9 Å². The maximum atomic E-state index is 12.3. The Hall–Kier alpha value is -2.95. The fourth-order valence-corrected chi connectivity index (χ4v) is 6.30. The van der Waals surface area contributed by atoms with E-state index in [0.717, 1.165) is 86.7 Å². The van der Waals surface area contributed by atoms with Crippen molar-refractivity contribution in [2.45, 2.75) is 25.8 Å². The lowest BCUT2D eigenvalue weighted by molar-refractivity contribution is -0.384. The third kappa shape index (κ3) is 5.83. The van der Waals surface area contributed by atoms with Crippen LogP contribution in [0.2, 0.25) is 0 Å². The number of methoxy groups -OCH3 is 1. The van der Waals surface area contributed by atoms with E-state index in [1.54, 1.807) is 13.2 Å². The average molecular weight is 598 g/mol. The number of ether oxygens (including phenoxy) is 1. The molecule has 3 heterocycles. The number of rotatable bonds is 10. The fraction of sp³-hybridized carbons (Fsp3) is 0.483. The minimum absolute atomic E-state index is 0.0596. The minimum atomic E-state index is -0.295. The lowest BCUT2D eigenvalue weighted by Crippen LogP contribution is -2.46. The number of piperazine rings is 1. The highest BCUT2D eigenvalue weighted by atomic mass is 79.9. The molecular formula is C29H37BrN6O3. The molecule has 0 bridgehead atoms. The summed E-state index contributed by atoms with van der Waals surface area (Å²) in [4.78, 5) is 23.2. The molecule has 39 heavy (non-hydrogen) atoms. The number of aryl methyl sites for hydroxylation is 1. The summed E-state index contributed by atoms with van der Waals surface area (Å²) in [5.41, 5.74) is 5.33. The lowest BCUT2D eigenvalue weighted by atomic mass is 9.98. The van der Waals surface area contributed by atoms with Crippen LogP contribution in [0.15, 0.2) is 48.2 Å². The molecule has 0 amide bonds. The van der Waals surface area contributed by atoms with Crippen molar-refractivity contribution in [2.75, 3.05) is 64.8 Å². The van der Waals surface area contributed by atoms with Crippen LogP contribution in [0.25, 0.3) is 11.4 Å². The summed E-state index contributed by atoms with van der Waals surface area (Å²) in [7, 11) is 1.72. The van der Waals surface area contributed by atoms with Crippen molar-refractivity contribution in [1.82, 2.24) is 19.7 Å². The van der Waals surface area contributed by atoms with Gasteiger partial charge >= 0.3 is 0 Å². The Labute approximate surface area is 238 Å². The first-order chi connectivity index (χ1) is 18.7. The van der Waals surface area contributed by atoms with Crippen molar-refractivity contribution in [2.24, 2.45) is 5.41 Å². The van der Waals surface area contributed by atoms with E-state index in [0.29, 0.717) is 16.8 Å². The van der Waals surface area contributed by atoms with Crippen molar-refractivity contribution < 1.29 is 9.66 Å². The average Bonchev–Trinajstić information content (AvgIpc) is 3.62. The van der Waals surface area contributed by atoms with Crippen LogP contribution in [0.1, 0.15) is 29.5 Å². The number of nitrogens with one attached hydrogen (secondary N) is 1. The zero-order valence-corrected chi connectivity index (χ0v) is 24.4. The van der Waals surface area contributed by atoms with E-state index in [-0.39, 0.29) is 22.1 Å². The van der Waals surface area contributed by atoms with Crippen molar-refractivity contribution in [3.63, 3.8) is 0 Å². The molecule has 5 rings (SSSR count). The number of benzene rings is 1. The summed E-state index contributed by atoms with van der Waals surface area (Å²) in [6.07, 6.45) is 5.87. The highest BCUT2D eigenvalue weighted by molar-refractivity contribution is 9.10. The molecule has 1 saturated carbocycles. The molecule has 1 aliphatic carbocycles. The van der Waals surface area contributed by atoms with Crippen molar-refractivity contribution in [1.29, 1.82) is 0 Å². The maximum absolute atomic E-state index is 12.3. The number of anilines is 1. The van der Waals surface area contributed by atoms with Crippen LogP contribution in [-0.4, -0.2) is 90.2 Å². The first-order valence-electron chi connectivity index (χ1n) is 13.5. The number of halogens is 1. The second kappa shape index (κ2) is 11.3. The highest BCUT2D eigenvalue weighted by Crippen LogP contribution is 2.55. The Morgan fingerprint density at radius 3 is 2.56 bits per heavy atom. The monoisotopic (exact) mass is 596 g/mol. The van der Waals surface area contributed by atoms with Crippen molar-refractivity contribution >= 4 is 38.7 Å². The lowest BCUT2D eigenvalue weighted by Gasteiger charge is -2.37. The van der Waals surface area contributed by atoms with Crippen molar-refractivity contribution in [3.8, 4) is 0 Å². The largest absolute Gasteiger partial charge is 0.383 e. The Bertz CT molecular complexity index is 1270. The number of pyridine rings is 1. The van der Waals surface area contributed by atoms with Crippen LogP contribution in [-0.2, 0) is 4.74 Å². The second-order valence-corrected chi connectivity index (χ2v) is 11.9. The van der Waals surface area contributed by atoms with E-state index >= 15 is 0 Å². The van der Waals surface area contributed by atoms with Crippen LogP contribution in [0.3, 0.4) is 0 Å². The molecule has 10 heteroatoms. The minimum Gasteiger partial charge on any atom is -0.383 e. The molecule has 208 valence electrons. The number of hydrogen-bond donors (Lipinski definition) is 1. The number of nitro benzene ring substituents is 1. The van der Waals surface area contributed by atoms with Crippen LogP contribution >= 0.6 is 15.9 Å². The molecule has 1 N–H and O–H groups in total. The number of nitro groups is 1. The van der Waals surface area contributed by atoms with Gasteiger partial charge in [-0.3, -0.25) is 20.0 Å². The predicted octanol–water partition coefficient (Wildman–Crippen LogP) is 4.84. The Kier molecular flexibility index (Phi) is 7.98. The molecule has 2 aliphatic heterocycles. The number of likely N-dealkylation sites (tertiary alicyclic amines) is 1. The molecule has 2 aromatic rings. The van der Waals surface area contributed by atoms with Crippen LogP contribution < -0.4 is 5.32 Å². The molecule has 1 atom stereocenters. The molecule has 2 saturated heterocycles. The molecule has 3 fully saturated rings. The van der Waals surface area contributed by atoms with Gasteiger partial charge in [-0.15, -0.1) is 0 Å². The number of nitrogens with zero attached hydrogens (tertiary/aromatic N) is 5. The van der Waals surface area contributed by atoms with Gasteiger partial charge in [-0.25, -0.2) is 0 Å². The Morgan fingerprint density at radius 2 is 1.92 bits per heavy atom. The summed E-state index contributed by atoms with van der Waals surface area (Å²) < 4.78 is 5.90.